The summed E-state index contributed by atoms with van der Waals surface area (Å²) in [6, 6.07) is 13.4. The maximum absolute atomic E-state index is 15.0. The average Bonchev–Trinajstić information content (AvgIpc) is 2.74. The lowest BCUT2D eigenvalue weighted by Crippen LogP contribution is -2.17. The molecule has 2 atom stereocenters. The number of aliphatic hydroxyl groups is 1. The Balaban J connectivity index is 1.72. The van der Waals surface area contributed by atoms with Gasteiger partial charge in [0.05, 0.1) is 12.2 Å². The monoisotopic (exact) mass is 394 g/mol. The van der Waals surface area contributed by atoms with Crippen molar-refractivity contribution in [2.24, 2.45) is 5.73 Å². The van der Waals surface area contributed by atoms with E-state index in [0.29, 0.717) is 5.56 Å². The van der Waals surface area contributed by atoms with Crippen LogP contribution in [0.5, 0.6) is 11.5 Å². The molecule has 1 unspecified atom stereocenters. The summed E-state index contributed by atoms with van der Waals surface area (Å²) in [6.07, 6.45) is 1.74. The molecule has 0 bridgehead atoms. The Bertz CT molecular complexity index is 1020. The number of aliphatic hydroxyl groups excluding tert-OH is 1. The molecular weight excluding hydrogens is 375 g/mol. The smallest absolute Gasteiger partial charge is 0.207 e. The minimum absolute atomic E-state index is 0.0248. The molecule has 0 saturated heterocycles. The number of nitrogens with zero attached hydrogens (tertiary/aromatic N) is 1. The number of rotatable bonds is 5. The number of halogens is 1. The highest BCUT2D eigenvalue weighted by molar-refractivity contribution is 5.99. The number of fused-ring (bicyclic) bond motifs is 1. The number of pyridine rings is 1. The zero-order valence-electron chi connectivity index (χ0n) is 15.4. The molecule has 0 radical (unpaired) electrons. The third kappa shape index (κ3) is 3.83. The summed E-state index contributed by atoms with van der Waals surface area (Å²) >= 11 is 0. The van der Waals surface area contributed by atoms with Gasteiger partial charge in [-0.1, -0.05) is 24.3 Å². The number of carbonyl (C=O) groups is 1. The second kappa shape index (κ2) is 7.98. The maximum atomic E-state index is 15.0. The van der Waals surface area contributed by atoms with Crippen LogP contribution in [0.4, 0.5) is 4.39 Å². The summed E-state index contributed by atoms with van der Waals surface area (Å²) in [6.45, 7) is 0.142. The van der Waals surface area contributed by atoms with Crippen molar-refractivity contribution in [3.63, 3.8) is 0 Å². The van der Waals surface area contributed by atoms with Crippen LogP contribution in [-0.4, -0.2) is 22.5 Å². The molecule has 2 aromatic carbocycles. The van der Waals surface area contributed by atoms with Crippen molar-refractivity contribution in [3.05, 3.63) is 89.0 Å². The van der Waals surface area contributed by atoms with E-state index in [1.54, 1.807) is 48.8 Å². The summed E-state index contributed by atoms with van der Waals surface area (Å²) in [4.78, 5) is 16.0. The van der Waals surface area contributed by atoms with Crippen LogP contribution in [0.3, 0.4) is 0 Å². The van der Waals surface area contributed by atoms with Crippen molar-refractivity contribution < 1.29 is 23.8 Å². The largest absolute Gasteiger partial charge is 0.489 e. The van der Waals surface area contributed by atoms with Crippen LogP contribution in [0.1, 0.15) is 45.8 Å². The number of hydrogen-bond donors (Lipinski definition) is 2. The lowest BCUT2D eigenvalue weighted by molar-refractivity contribution is 0.0928. The molecule has 29 heavy (non-hydrogen) atoms. The first kappa shape index (κ1) is 19.0. The van der Waals surface area contributed by atoms with Crippen molar-refractivity contribution in [3.8, 4) is 11.5 Å². The van der Waals surface area contributed by atoms with Crippen LogP contribution in [0.2, 0.25) is 0 Å². The summed E-state index contributed by atoms with van der Waals surface area (Å²) in [5, 5.41) is 9.52. The number of nitrogens with two attached hydrogens (primary N) is 1. The minimum atomic E-state index is -1.09. The molecule has 0 amide bonds. The maximum Gasteiger partial charge on any atom is 0.207 e. The molecule has 0 saturated carbocycles. The van der Waals surface area contributed by atoms with Crippen molar-refractivity contribution >= 4 is 5.78 Å². The van der Waals surface area contributed by atoms with Gasteiger partial charge in [-0.2, -0.15) is 4.39 Å². The van der Waals surface area contributed by atoms with Crippen LogP contribution < -0.4 is 15.2 Å². The molecule has 6 nitrogen and oxygen atoms in total. The molecule has 1 aliphatic rings. The average molecular weight is 394 g/mol. The molecule has 0 fully saturated rings. The fourth-order valence-electron chi connectivity index (χ4n) is 3.23. The summed E-state index contributed by atoms with van der Waals surface area (Å²) in [5.74, 6) is -0.959. The Morgan fingerprint density at radius 1 is 1.03 bits per heavy atom. The first-order valence-electron chi connectivity index (χ1n) is 9.13. The zero-order valence-corrected chi connectivity index (χ0v) is 15.4. The molecule has 3 aromatic rings. The normalized spacial score (nSPS) is 15.2. The van der Waals surface area contributed by atoms with Crippen molar-refractivity contribution in [2.75, 3.05) is 6.61 Å². The predicted molar refractivity (Wildman–Crippen MR) is 103 cm³/mol. The van der Waals surface area contributed by atoms with E-state index >= 15 is 4.39 Å². The number of aromatic nitrogens is 1. The Morgan fingerprint density at radius 2 is 1.69 bits per heavy atom. The number of ether oxygens (including phenoxy) is 2. The van der Waals surface area contributed by atoms with Crippen LogP contribution in [0, 0.1) is 5.82 Å². The molecule has 3 N–H and O–H groups in total. The molecule has 1 aliphatic heterocycles. The quantitative estimate of drug-likeness (QED) is 0.645. The SMILES string of the molecule is NC(O)c1ccc([C@H](Oc2ccc3c(c2F)OCCC3=O)c2ccncc2)cc1. The summed E-state index contributed by atoms with van der Waals surface area (Å²) in [7, 11) is 0. The van der Waals surface area contributed by atoms with E-state index in [4.69, 9.17) is 15.2 Å². The van der Waals surface area contributed by atoms with E-state index in [9.17, 15) is 9.90 Å². The molecule has 2 heterocycles. The molecular formula is C22H19FN2O4. The Labute approximate surface area is 166 Å². The molecule has 148 valence electrons. The van der Waals surface area contributed by atoms with Gasteiger partial charge < -0.3 is 20.3 Å². The van der Waals surface area contributed by atoms with Gasteiger partial charge in [-0.15, -0.1) is 0 Å². The van der Waals surface area contributed by atoms with Gasteiger partial charge in [0.15, 0.2) is 17.3 Å². The number of benzene rings is 2. The summed E-state index contributed by atoms with van der Waals surface area (Å²) in [5.41, 5.74) is 7.76. The number of hydrogen-bond acceptors (Lipinski definition) is 6. The van der Waals surface area contributed by atoms with E-state index in [1.807, 2.05) is 0 Å². The molecule has 0 spiro atoms. The Hall–Kier alpha value is -3.29. The van der Waals surface area contributed by atoms with Gasteiger partial charge in [0.25, 0.3) is 0 Å². The molecule has 4 rings (SSSR count). The van der Waals surface area contributed by atoms with Crippen molar-refractivity contribution in [1.29, 1.82) is 0 Å². The molecule has 7 heteroatoms. The second-order valence-electron chi connectivity index (χ2n) is 6.67. The highest BCUT2D eigenvalue weighted by atomic mass is 19.1. The topological polar surface area (TPSA) is 94.7 Å². The number of carbonyl (C=O) groups excluding carboxylic acids is 1. The lowest BCUT2D eigenvalue weighted by Gasteiger charge is -2.23. The van der Waals surface area contributed by atoms with E-state index < -0.39 is 18.1 Å². The number of Topliss-reactive ketones (excluding diaryl/α,β-unsaturated/α-hetero) is 1. The molecule has 0 aliphatic carbocycles. The standard InChI is InChI=1S/C22H19FN2O4/c23-19-18(6-5-16-17(26)9-12-28-21(16)19)29-20(14-7-10-25-11-8-14)13-1-3-15(4-2-13)22(24)27/h1-8,10-11,20,22,27H,9,12,24H2/t20-,22?/m0/s1. The number of ketones is 1. The first-order valence-corrected chi connectivity index (χ1v) is 9.13. The van der Waals surface area contributed by atoms with Gasteiger partial charge in [0.2, 0.25) is 5.82 Å². The van der Waals surface area contributed by atoms with E-state index in [1.165, 1.54) is 12.1 Å². The van der Waals surface area contributed by atoms with Gasteiger partial charge in [0.1, 0.15) is 12.3 Å². The van der Waals surface area contributed by atoms with E-state index in [-0.39, 0.29) is 35.9 Å². The van der Waals surface area contributed by atoms with E-state index in [0.717, 1.165) is 11.1 Å². The third-order valence-corrected chi connectivity index (χ3v) is 4.77. The Morgan fingerprint density at radius 3 is 2.38 bits per heavy atom. The van der Waals surface area contributed by atoms with Gasteiger partial charge in [-0.3, -0.25) is 9.78 Å². The zero-order chi connectivity index (χ0) is 20.4. The van der Waals surface area contributed by atoms with Gasteiger partial charge >= 0.3 is 0 Å². The fraction of sp³-hybridized carbons (Fsp3) is 0.182. The fourth-order valence-corrected chi connectivity index (χ4v) is 3.23. The van der Waals surface area contributed by atoms with E-state index in [2.05, 4.69) is 4.98 Å². The highest BCUT2D eigenvalue weighted by Crippen LogP contribution is 2.37. The van der Waals surface area contributed by atoms with Crippen molar-refractivity contribution in [1.82, 2.24) is 4.98 Å². The van der Waals surface area contributed by atoms with Crippen LogP contribution in [-0.2, 0) is 0 Å². The second-order valence-corrected chi connectivity index (χ2v) is 6.67. The first-order chi connectivity index (χ1) is 14.0. The van der Waals surface area contributed by atoms with Gasteiger partial charge in [-0.25, -0.2) is 0 Å². The van der Waals surface area contributed by atoms with Crippen molar-refractivity contribution in [2.45, 2.75) is 18.8 Å². The lowest BCUT2D eigenvalue weighted by atomic mass is 10.00. The van der Waals surface area contributed by atoms with Gasteiger partial charge in [0, 0.05) is 18.8 Å². The van der Waals surface area contributed by atoms with Crippen LogP contribution in [0.15, 0.2) is 60.9 Å². The van der Waals surface area contributed by atoms with Crippen LogP contribution >= 0.6 is 0 Å². The minimum Gasteiger partial charge on any atom is -0.489 e. The molecule has 1 aromatic heterocycles. The van der Waals surface area contributed by atoms with Crippen LogP contribution in [0.25, 0.3) is 0 Å². The Kier molecular flexibility index (Phi) is 5.24. The third-order valence-electron chi connectivity index (χ3n) is 4.77. The summed E-state index contributed by atoms with van der Waals surface area (Å²) < 4.78 is 26.4. The highest BCUT2D eigenvalue weighted by Gasteiger charge is 2.26. The van der Waals surface area contributed by atoms with Gasteiger partial charge in [-0.05, 0) is 41.0 Å². The predicted octanol–water partition coefficient (Wildman–Crippen LogP) is 3.30.